The molecule has 1 aromatic rings. The quantitative estimate of drug-likeness (QED) is 0.849. The molecule has 0 atom stereocenters. The zero-order valence-electron chi connectivity index (χ0n) is 12.4. The number of hydrogen-bond donors (Lipinski definition) is 0. The molecule has 0 bridgehead atoms. The Hall–Kier alpha value is -1.63. The van der Waals surface area contributed by atoms with E-state index in [0.29, 0.717) is 13.1 Å². The van der Waals surface area contributed by atoms with Gasteiger partial charge in [-0.25, -0.2) is 13.2 Å². The second kappa shape index (κ2) is 5.63. The van der Waals surface area contributed by atoms with Crippen molar-refractivity contribution in [1.29, 1.82) is 0 Å². The number of rotatable bonds is 3. The number of hydrogen-bond acceptors (Lipinski definition) is 5. The lowest BCUT2D eigenvalue weighted by Gasteiger charge is -2.39. The highest BCUT2D eigenvalue weighted by Gasteiger charge is 2.36. The summed E-state index contributed by atoms with van der Waals surface area (Å²) in [6.45, 7) is 6.24. The van der Waals surface area contributed by atoms with Gasteiger partial charge >= 0.3 is 6.09 Å². The van der Waals surface area contributed by atoms with E-state index in [9.17, 15) is 13.2 Å². The van der Waals surface area contributed by atoms with Crippen molar-refractivity contribution in [3.8, 4) is 0 Å². The van der Waals surface area contributed by atoms with E-state index < -0.39 is 15.4 Å². The third-order valence-corrected chi connectivity index (χ3v) is 4.97. The number of nitrogens with zero attached hydrogens (tertiary/aromatic N) is 2. The number of aromatic nitrogens is 1. The van der Waals surface area contributed by atoms with Gasteiger partial charge in [-0.15, -0.1) is 0 Å². The Balaban J connectivity index is 1.87. The second-order valence-electron chi connectivity index (χ2n) is 6.22. The van der Waals surface area contributed by atoms with Gasteiger partial charge in [0.15, 0.2) is 9.84 Å². The predicted molar refractivity (Wildman–Crippen MR) is 77.6 cm³/mol. The van der Waals surface area contributed by atoms with E-state index in [-0.39, 0.29) is 22.7 Å². The van der Waals surface area contributed by atoms with Gasteiger partial charge in [-0.3, -0.25) is 4.98 Å². The van der Waals surface area contributed by atoms with Crippen LogP contribution in [0.2, 0.25) is 0 Å². The van der Waals surface area contributed by atoms with Crippen molar-refractivity contribution < 1.29 is 17.9 Å². The van der Waals surface area contributed by atoms with Crippen molar-refractivity contribution in [2.24, 2.45) is 5.92 Å². The van der Waals surface area contributed by atoms with Crippen molar-refractivity contribution in [3.05, 3.63) is 24.5 Å². The fourth-order valence-corrected chi connectivity index (χ4v) is 3.66. The zero-order chi connectivity index (χ0) is 15.7. The number of likely N-dealkylation sites (tertiary alicyclic amines) is 1. The first kappa shape index (κ1) is 15.8. The molecule has 1 saturated heterocycles. The van der Waals surface area contributed by atoms with E-state index in [1.54, 1.807) is 20.8 Å². The monoisotopic (exact) mass is 312 g/mol. The predicted octanol–water partition coefficient (Wildman–Crippen LogP) is 1.72. The molecule has 1 aromatic heterocycles. The average molecular weight is 312 g/mol. The third kappa shape index (κ3) is 4.17. The van der Waals surface area contributed by atoms with E-state index in [1.165, 1.54) is 29.4 Å². The highest BCUT2D eigenvalue weighted by atomic mass is 32.2. The van der Waals surface area contributed by atoms with Crippen molar-refractivity contribution in [3.63, 3.8) is 0 Å². The molecule has 1 fully saturated rings. The Labute approximate surface area is 125 Å². The lowest BCUT2D eigenvalue weighted by Crippen LogP contribution is -2.53. The van der Waals surface area contributed by atoms with Gasteiger partial charge in [0.05, 0.1) is 10.6 Å². The molecular weight excluding hydrogens is 292 g/mol. The van der Waals surface area contributed by atoms with Crippen LogP contribution >= 0.6 is 0 Å². The van der Waals surface area contributed by atoms with Crippen LogP contribution in [0.5, 0.6) is 0 Å². The maximum absolute atomic E-state index is 12.2. The maximum Gasteiger partial charge on any atom is 0.410 e. The van der Waals surface area contributed by atoms with Crippen molar-refractivity contribution in [2.75, 3.05) is 18.8 Å². The summed E-state index contributed by atoms with van der Waals surface area (Å²) in [6, 6.07) is 2.97. The number of pyridine rings is 1. The fraction of sp³-hybridized carbons (Fsp3) is 0.571. The number of sulfone groups is 1. The van der Waals surface area contributed by atoms with E-state index in [0.717, 1.165) is 0 Å². The van der Waals surface area contributed by atoms with Gasteiger partial charge in [-0.1, -0.05) is 0 Å². The first-order chi connectivity index (χ1) is 9.67. The molecule has 1 amide bonds. The number of amides is 1. The first-order valence-corrected chi connectivity index (χ1v) is 8.43. The minimum Gasteiger partial charge on any atom is -0.444 e. The minimum absolute atomic E-state index is 0.0380. The molecule has 1 aliphatic rings. The number of carbonyl (C=O) groups excluding carboxylic acids is 1. The Kier molecular flexibility index (Phi) is 4.22. The molecule has 0 spiro atoms. The minimum atomic E-state index is -3.32. The van der Waals surface area contributed by atoms with Crippen LogP contribution in [0.15, 0.2) is 29.4 Å². The van der Waals surface area contributed by atoms with Crippen LogP contribution in [0.1, 0.15) is 20.8 Å². The summed E-state index contributed by atoms with van der Waals surface area (Å²) in [7, 11) is -3.32. The standard InChI is InChI=1S/C14H20N2O4S/c1-14(2,3)20-13(17)16-8-11(9-16)10-21(18,19)12-4-6-15-7-5-12/h4-7,11H,8-10H2,1-3H3. The Morgan fingerprint density at radius 2 is 1.90 bits per heavy atom. The topological polar surface area (TPSA) is 76.6 Å². The van der Waals surface area contributed by atoms with E-state index >= 15 is 0 Å². The summed E-state index contributed by atoms with van der Waals surface area (Å²) in [5, 5.41) is 0. The van der Waals surface area contributed by atoms with Gasteiger partial charge in [-0.05, 0) is 32.9 Å². The highest BCUT2D eigenvalue weighted by Crippen LogP contribution is 2.23. The molecule has 1 aliphatic heterocycles. The lowest BCUT2D eigenvalue weighted by molar-refractivity contribution is 0.00191. The van der Waals surface area contributed by atoms with Gasteiger partial charge < -0.3 is 9.64 Å². The van der Waals surface area contributed by atoms with Crippen LogP contribution < -0.4 is 0 Å². The van der Waals surface area contributed by atoms with Crippen LogP contribution in [0.3, 0.4) is 0 Å². The SMILES string of the molecule is CC(C)(C)OC(=O)N1CC(CS(=O)(=O)c2ccncc2)C1. The van der Waals surface area contributed by atoms with Gasteiger partial charge in [0.2, 0.25) is 0 Å². The average Bonchev–Trinajstić information content (AvgIpc) is 2.32. The normalized spacial score (nSPS) is 16.4. The van der Waals surface area contributed by atoms with Crippen LogP contribution in [0.4, 0.5) is 4.79 Å². The van der Waals surface area contributed by atoms with E-state index in [2.05, 4.69) is 4.98 Å². The van der Waals surface area contributed by atoms with Crippen LogP contribution in [0.25, 0.3) is 0 Å². The van der Waals surface area contributed by atoms with Crippen LogP contribution in [0, 0.1) is 5.92 Å². The molecule has 0 N–H and O–H groups in total. The second-order valence-corrected chi connectivity index (χ2v) is 8.25. The number of ether oxygens (including phenoxy) is 1. The Morgan fingerprint density at radius 3 is 2.43 bits per heavy atom. The zero-order valence-corrected chi connectivity index (χ0v) is 13.3. The molecule has 0 saturated carbocycles. The van der Waals surface area contributed by atoms with E-state index in [1.807, 2.05) is 0 Å². The van der Waals surface area contributed by atoms with Gasteiger partial charge in [-0.2, -0.15) is 0 Å². The summed E-state index contributed by atoms with van der Waals surface area (Å²) in [4.78, 5) is 17.4. The molecule has 0 unspecified atom stereocenters. The van der Waals surface area contributed by atoms with Gasteiger partial charge in [0.25, 0.3) is 0 Å². The summed E-state index contributed by atoms with van der Waals surface area (Å²) < 4.78 is 29.6. The third-order valence-electron chi connectivity index (χ3n) is 3.07. The molecule has 0 radical (unpaired) electrons. The molecule has 2 rings (SSSR count). The van der Waals surface area contributed by atoms with E-state index in [4.69, 9.17) is 4.74 Å². The first-order valence-electron chi connectivity index (χ1n) is 6.78. The summed E-state index contributed by atoms with van der Waals surface area (Å²) in [5.74, 6) is -0.00766. The lowest BCUT2D eigenvalue weighted by atomic mass is 10.0. The molecular formula is C14H20N2O4S. The highest BCUT2D eigenvalue weighted by molar-refractivity contribution is 7.91. The smallest absolute Gasteiger partial charge is 0.410 e. The molecule has 6 nitrogen and oxygen atoms in total. The molecule has 7 heteroatoms. The summed E-state index contributed by atoms with van der Waals surface area (Å²) >= 11 is 0. The Bertz CT molecular complexity index is 602. The van der Waals surface area contributed by atoms with Crippen LogP contribution in [-0.2, 0) is 14.6 Å². The molecule has 21 heavy (non-hydrogen) atoms. The molecule has 0 aliphatic carbocycles. The van der Waals surface area contributed by atoms with Crippen molar-refractivity contribution >= 4 is 15.9 Å². The largest absolute Gasteiger partial charge is 0.444 e. The molecule has 0 aromatic carbocycles. The van der Waals surface area contributed by atoms with Crippen LogP contribution in [-0.4, -0.2) is 48.8 Å². The Morgan fingerprint density at radius 1 is 1.33 bits per heavy atom. The summed E-state index contributed by atoms with van der Waals surface area (Å²) in [5.41, 5.74) is -0.536. The fourth-order valence-electron chi connectivity index (χ4n) is 2.10. The van der Waals surface area contributed by atoms with Crippen molar-refractivity contribution in [1.82, 2.24) is 9.88 Å². The molecule has 2 heterocycles. The van der Waals surface area contributed by atoms with Gasteiger partial charge in [0, 0.05) is 31.4 Å². The van der Waals surface area contributed by atoms with Gasteiger partial charge in [0.1, 0.15) is 5.60 Å². The van der Waals surface area contributed by atoms with Crippen molar-refractivity contribution in [2.45, 2.75) is 31.3 Å². The number of carbonyl (C=O) groups is 1. The molecule has 116 valence electrons. The summed E-state index contributed by atoms with van der Waals surface area (Å²) in [6.07, 6.45) is 2.53. The maximum atomic E-state index is 12.2.